The number of hydrogen-bond donors (Lipinski definition) is 2. The first-order chi connectivity index (χ1) is 9.58. The van der Waals surface area contributed by atoms with E-state index in [0.29, 0.717) is 19.0 Å². The van der Waals surface area contributed by atoms with Gasteiger partial charge in [0.2, 0.25) is 5.91 Å². The van der Waals surface area contributed by atoms with Gasteiger partial charge < -0.3 is 15.2 Å². The van der Waals surface area contributed by atoms with Crippen molar-refractivity contribution < 1.29 is 14.6 Å². The maximum absolute atomic E-state index is 12.0. The van der Waals surface area contributed by atoms with Crippen molar-refractivity contribution in [1.29, 1.82) is 0 Å². The summed E-state index contributed by atoms with van der Waals surface area (Å²) >= 11 is 0. The van der Waals surface area contributed by atoms with Crippen LogP contribution in [0.1, 0.15) is 13.3 Å². The second kappa shape index (κ2) is 6.72. The van der Waals surface area contributed by atoms with E-state index in [1.165, 1.54) is 0 Å². The van der Waals surface area contributed by atoms with Crippen LogP contribution in [-0.4, -0.2) is 48.8 Å². The van der Waals surface area contributed by atoms with Crippen molar-refractivity contribution in [2.45, 2.75) is 19.4 Å². The quantitative estimate of drug-likeness (QED) is 0.872. The number of anilines is 1. The summed E-state index contributed by atoms with van der Waals surface area (Å²) in [6.45, 7) is 3.78. The Morgan fingerprint density at radius 1 is 1.45 bits per heavy atom. The maximum Gasteiger partial charge on any atom is 0.238 e. The van der Waals surface area contributed by atoms with Crippen molar-refractivity contribution in [3.63, 3.8) is 0 Å². The zero-order valence-corrected chi connectivity index (χ0v) is 12.0. The van der Waals surface area contributed by atoms with Crippen LogP contribution >= 0.6 is 0 Å². The van der Waals surface area contributed by atoms with E-state index in [4.69, 9.17) is 4.74 Å². The van der Waals surface area contributed by atoms with Gasteiger partial charge in [0.25, 0.3) is 0 Å². The zero-order valence-electron chi connectivity index (χ0n) is 12.0. The minimum Gasteiger partial charge on any atom is -0.497 e. The summed E-state index contributed by atoms with van der Waals surface area (Å²) in [5.74, 6) is 1.02. The predicted molar refractivity (Wildman–Crippen MR) is 77.9 cm³/mol. The molecule has 0 aromatic heterocycles. The Hall–Kier alpha value is -1.59. The van der Waals surface area contributed by atoms with Gasteiger partial charge in [-0.1, -0.05) is 6.92 Å². The first kappa shape index (κ1) is 14.8. The molecular weight excluding hydrogens is 256 g/mol. The molecule has 1 fully saturated rings. The Morgan fingerprint density at radius 3 is 2.75 bits per heavy atom. The Labute approximate surface area is 119 Å². The molecule has 0 spiro atoms. The zero-order chi connectivity index (χ0) is 14.5. The van der Waals surface area contributed by atoms with Gasteiger partial charge in [-0.05, 0) is 43.1 Å². The molecular formula is C15H22N2O3. The Balaban J connectivity index is 1.82. The van der Waals surface area contributed by atoms with Gasteiger partial charge in [-0.2, -0.15) is 0 Å². The number of aliphatic hydroxyl groups excluding tert-OH is 1. The summed E-state index contributed by atoms with van der Waals surface area (Å²) in [6.07, 6.45) is 0.592. The Morgan fingerprint density at radius 2 is 2.15 bits per heavy atom. The van der Waals surface area contributed by atoms with Crippen molar-refractivity contribution in [1.82, 2.24) is 4.90 Å². The second-order valence-corrected chi connectivity index (χ2v) is 5.35. The van der Waals surface area contributed by atoms with Crippen molar-refractivity contribution in [3.05, 3.63) is 24.3 Å². The van der Waals surface area contributed by atoms with Gasteiger partial charge in [0.05, 0.1) is 19.8 Å². The molecule has 1 aromatic carbocycles. The third-order valence-electron chi connectivity index (χ3n) is 3.74. The number of β-amino-alcohol motifs (C(OH)–C–C–N with tert-alkyl or cyclic N) is 1. The molecule has 110 valence electrons. The monoisotopic (exact) mass is 278 g/mol. The summed E-state index contributed by atoms with van der Waals surface area (Å²) in [4.78, 5) is 13.9. The number of carbonyl (C=O) groups is 1. The van der Waals surface area contributed by atoms with Gasteiger partial charge in [-0.25, -0.2) is 0 Å². The maximum atomic E-state index is 12.0. The molecule has 2 rings (SSSR count). The molecule has 0 saturated carbocycles. The number of amides is 1. The molecule has 5 heteroatoms. The number of nitrogens with one attached hydrogen (secondary N) is 1. The number of piperidine rings is 1. The van der Waals surface area contributed by atoms with E-state index in [1.54, 1.807) is 7.11 Å². The van der Waals surface area contributed by atoms with E-state index < -0.39 is 0 Å². The molecule has 1 saturated heterocycles. The van der Waals surface area contributed by atoms with E-state index in [1.807, 2.05) is 36.1 Å². The van der Waals surface area contributed by atoms with Gasteiger partial charge in [-0.3, -0.25) is 9.69 Å². The molecule has 1 amide bonds. The molecule has 2 N–H and O–H groups in total. The van der Waals surface area contributed by atoms with Crippen LogP contribution in [0.5, 0.6) is 5.75 Å². The minimum absolute atomic E-state index is 0.0584. The summed E-state index contributed by atoms with van der Waals surface area (Å²) in [5, 5.41) is 12.7. The van der Waals surface area contributed by atoms with E-state index in [0.717, 1.165) is 24.4 Å². The fourth-order valence-electron chi connectivity index (χ4n) is 2.34. The first-order valence-corrected chi connectivity index (χ1v) is 6.93. The Bertz CT molecular complexity index is 447. The number of likely N-dealkylation sites (tertiary alicyclic amines) is 1. The van der Waals surface area contributed by atoms with Gasteiger partial charge in [0.1, 0.15) is 5.75 Å². The van der Waals surface area contributed by atoms with Gasteiger partial charge in [-0.15, -0.1) is 0 Å². The molecule has 0 radical (unpaired) electrons. The number of rotatable bonds is 4. The lowest BCUT2D eigenvalue weighted by molar-refractivity contribution is -0.118. The molecule has 1 aliphatic heterocycles. The van der Waals surface area contributed by atoms with E-state index >= 15 is 0 Å². The molecule has 1 aliphatic rings. The summed E-state index contributed by atoms with van der Waals surface area (Å²) in [7, 11) is 1.61. The molecule has 1 heterocycles. The lowest BCUT2D eigenvalue weighted by Gasteiger charge is -2.33. The predicted octanol–water partition coefficient (Wildman–Crippen LogP) is 1.34. The highest BCUT2D eigenvalue weighted by Crippen LogP contribution is 2.17. The largest absolute Gasteiger partial charge is 0.497 e. The number of nitrogens with zero attached hydrogens (tertiary/aromatic N) is 1. The van der Waals surface area contributed by atoms with Crippen molar-refractivity contribution >= 4 is 11.6 Å². The van der Waals surface area contributed by atoms with Crippen LogP contribution in [0.4, 0.5) is 5.69 Å². The molecule has 2 atom stereocenters. The van der Waals surface area contributed by atoms with Crippen LogP contribution in [0.3, 0.4) is 0 Å². The van der Waals surface area contributed by atoms with E-state index in [2.05, 4.69) is 5.32 Å². The van der Waals surface area contributed by atoms with E-state index in [-0.39, 0.29) is 12.0 Å². The highest BCUT2D eigenvalue weighted by atomic mass is 16.5. The molecule has 0 aliphatic carbocycles. The SMILES string of the molecule is COc1ccc(NC(=O)CN2CCC(C)C(O)C2)cc1. The lowest BCUT2D eigenvalue weighted by Crippen LogP contribution is -2.45. The summed E-state index contributed by atoms with van der Waals surface area (Å²) < 4.78 is 5.07. The highest BCUT2D eigenvalue weighted by Gasteiger charge is 2.25. The van der Waals surface area contributed by atoms with Gasteiger partial charge >= 0.3 is 0 Å². The number of methoxy groups -OCH3 is 1. The molecule has 5 nitrogen and oxygen atoms in total. The number of hydrogen-bond acceptors (Lipinski definition) is 4. The van der Waals surface area contributed by atoms with Crippen LogP contribution in [-0.2, 0) is 4.79 Å². The van der Waals surface area contributed by atoms with Crippen LogP contribution in [0.2, 0.25) is 0 Å². The molecule has 1 aromatic rings. The molecule has 0 bridgehead atoms. The van der Waals surface area contributed by atoms with Crippen LogP contribution in [0.25, 0.3) is 0 Å². The smallest absolute Gasteiger partial charge is 0.238 e. The lowest BCUT2D eigenvalue weighted by atomic mass is 9.96. The molecule has 2 unspecified atom stereocenters. The normalized spacial score (nSPS) is 23.4. The summed E-state index contributed by atoms with van der Waals surface area (Å²) in [5.41, 5.74) is 0.752. The highest BCUT2D eigenvalue weighted by molar-refractivity contribution is 5.92. The van der Waals surface area contributed by atoms with Crippen LogP contribution in [0, 0.1) is 5.92 Å². The summed E-state index contributed by atoms with van der Waals surface area (Å²) in [6, 6.07) is 7.23. The third-order valence-corrected chi connectivity index (χ3v) is 3.74. The van der Waals surface area contributed by atoms with Crippen LogP contribution in [0.15, 0.2) is 24.3 Å². The average molecular weight is 278 g/mol. The standard InChI is InChI=1S/C15H22N2O3/c1-11-7-8-17(9-14(11)18)10-15(19)16-12-3-5-13(20-2)6-4-12/h3-6,11,14,18H,7-10H2,1-2H3,(H,16,19). The Kier molecular flexibility index (Phi) is 4.98. The topological polar surface area (TPSA) is 61.8 Å². The van der Waals surface area contributed by atoms with Gasteiger partial charge in [0.15, 0.2) is 0 Å². The number of benzene rings is 1. The fourth-order valence-corrected chi connectivity index (χ4v) is 2.34. The minimum atomic E-state index is -0.336. The number of aliphatic hydroxyl groups is 1. The van der Waals surface area contributed by atoms with Crippen molar-refractivity contribution in [2.75, 3.05) is 32.1 Å². The van der Waals surface area contributed by atoms with Crippen molar-refractivity contribution in [3.8, 4) is 5.75 Å². The van der Waals surface area contributed by atoms with Crippen molar-refractivity contribution in [2.24, 2.45) is 5.92 Å². The average Bonchev–Trinajstić information content (AvgIpc) is 2.44. The fraction of sp³-hybridized carbons (Fsp3) is 0.533. The molecule has 20 heavy (non-hydrogen) atoms. The van der Waals surface area contributed by atoms with Crippen LogP contribution < -0.4 is 10.1 Å². The van der Waals surface area contributed by atoms with E-state index in [9.17, 15) is 9.90 Å². The second-order valence-electron chi connectivity index (χ2n) is 5.35. The first-order valence-electron chi connectivity index (χ1n) is 6.93. The number of ether oxygens (including phenoxy) is 1. The van der Waals surface area contributed by atoms with Gasteiger partial charge in [0, 0.05) is 12.2 Å². The number of carbonyl (C=O) groups excluding carboxylic acids is 1. The third kappa shape index (κ3) is 3.95.